The predicted octanol–water partition coefficient (Wildman–Crippen LogP) is 3.06. The molecule has 2 heterocycles. The average molecular weight is 360 g/mol. The van der Waals surface area contributed by atoms with E-state index in [9.17, 15) is 19.7 Å². The second-order valence-corrected chi connectivity index (χ2v) is 6.79. The van der Waals surface area contributed by atoms with Crippen molar-refractivity contribution in [2.24, 2.45) is 5.92 Å². The molecule has 130 valence electrons. The smallest absolute Gasteiger partial charge is 0.324 e. The third kappa shape index (κ3) is 3.85. The summed E-state index contributed by atoms with van der Waals surface area (Å²) in [5.74, 6) is -1.10. The van der Waals surface area contributed by atoms with Crippen LogP contribution < -0.4 is 4.90 Å². The number of nitrogens with zero attached hydrogens (tertiary/aromatic N) is 2. The summed E-state index contributed by atoms with van der Waals surface area (Å²) in [6.45, 7) is 2.22. The van der Waals surface area contributed by atoms with Crippen molar-refractivity contribution >= 4 is 33.9 Å². The summed E-state index contributed by atoms with van der Waals surface area (Å²) in [5.41, 5.74) is 2.43. The first-order valence-electron chi connectivity index (χ1n) is 7.69. The number of rotatable bonds is 5. The van der Waals surface area contributed by atoms with Crippen LogP contribution in [0.2, 0.25) is 0 Å². The molecule has 0 saturated carbocycles. The molecule has 7 nitrogen and oxygen atoms in total. The summed E-state index contributed by atoms with van der Waals surface area (Å²) < 4.78 is 5.22. The molecule has 0 spiro atoms. The molecule has 25 heavy (non-hydrogen) atoms. The lowest BCUT2D eigenvalue weighted by Gasteiger charge is -2.16. The van der Waals surface area contributed by atoms with E-state index in [4.69, 9.17) is 4.74 Å². The lowest BCUT2D eigenvalue weighted by atomic mass is 10.1. The van der Waals surface area contributed by atoms with Gasteiger partial charge in [-0.1, -0.05) is 29.0 Å². The molecule has 3 rings (SSSR count). The minimum absolute atomic E-state index is 0.00707. The number of ether oxygens (including phenoxy) is 1. The molecule has 1 saturated heterocycles. The number of amides is 1. The molecule has 0 radical (unpaired) electrons. The Labute approximate surface area is 148 Å². The Hall–Kier alpha value is -2.74. The summed E-state index contributed by atoms with van der Waals surface area (Å²) in [4.78, 5) is 36.1. The van der Waals surface area contributed by atoms with Gasteiger partial charge in [-0.25, -0.2) is 0 Å². The molecule has 1 aliphatic rings. The fraction of sp³-hybridized carbons (Fsp3) is 0.294. The highest BCUT2D eigenvalue weighted by molar-refractivity contribution is 7.13. The molecule has 1 aromatic carbocycles. The summed E-state index contributed by atoms with van der Waals surface area (Å²) in [5, 5.41) is 12.2. The first kappa shape index (κ1) is 17.1. The first-order valence-corrected chi connectivity index (χ1v) is 8.57. The number of thiophene rings is 1. The molecule has 1 unspecified atom stereocenters. The molecule has 1 aromatic heterocycles. The van der Waals surface area contributed by atoms with Gasteiger partial charge in [0.2, 0.25) is 5.91 Å². The predicted molar refractivity (Wildman–Crippen MR) is 92.4 cm³/mol. The SMILES string of the molecule is Cc1ccc(N2CC(C(=O)OCc3csc([N+](=O)[O-])c3)CC2=O)cc1. The van der Waals surface area contributed by atoms with Gasteiger partial charge >= 0.3 is 11.0 Å². The summed E-state index contributed by atoms with van der Waals surface area (Å²) in [7, 11) is 0. The van der Waals surface area contributed by atoms with Crippen LogP contribution in [0.25, 0.3) is 0 Å². The van der Waals surface area contributed by atoms with E-state index < -0.39 is 16.8 Å². The second kappa shape index (κ2) is 7.02. The van der Waals surface area contributed by atoms with Crippen molar-refractivity contribution in [2.45, 2.75) is 20.0 Å². The molecule has 1 aliphatic heterocycles. The molecule has 1 atom stereocenters. The fourth-order valence-electron chi connectivity index (χ4n) is 2.65. The van der Waals surface area contributed by atoms with Gasteiger partial charge in [0.05, 0.1) is 10.8 Å². The monoisotopic (exact) mass is 360 g/mol. The van der Waals surface area contributed by atoms with Crippen LogP contribution in [0.15, 0.2) is 35.7 Å². The number of anilines is 1. The molecule has 0 N–H and O–H groups in total. The van der Waals surface area contributed by atoms with Crippen molar-refractivity contribution in [3.05, 3.63) is 57.0 Å². The average Bonchev–Trinajstić information content (AvgIpc) is 3.20. The molecule has 0 aliphatic carbocycles. The van der Waals surface area contributed by atoms with Crippen molar-refractivity contribution < 1.29 is 19.2 Å². The minimum Gasteiger partial charge on any atom is -0.461 e. The van der Waals surface area contributed by atoms with E-state index in [1.165, 1.54) is 6.07 Å². The number of carbonyl (C=O) groups excluding carboxylic acids is 2. The maximum absolute atomic E-state index is 12.2. The maximum Gasteiger partial charge on any atom is 0.324 e. The fourth-order valence-corrected chi connectivity index (χ4v) is 3.36. The normalized spacial score (nSPS) is 16.9. The van der Waals surface area contributed by atoms with Crippen LogP contribution in [0.1, 0.15) is 17.5 Å². The Morgan fingerprint density at radius 2 is 2.12 bits per heavy atom. The van der Waals surface area contributed by atoms with Crippen LogP contribution in [-0.4, -0.2) is 23.3 Å². The Bertz CT molecular complexity index is 815. The lowest BCUT2D eigenvalue weighted by molar-refractivity contribution is -0.380. The number of nitro groups is 1. The van der Waals surface area contributed by atoms with Gasteiger partial charge in [0.25, 0.3) is 0 Å². The molecule has 1 amide bonds. The first-order chi connectivity index (χ1) is 11.9. The van der Waals surface area contributed by atoms with Gasteiger partial charge in [0.15, 0.2) is 0 Å². The van der Waals surface area contributed by atoms with Gasteiger partial charge in [0, 0.05) is 35.7 Å². The molecule has 8 heteroatoms. The van der Waals surface area contributed by atoms with Crippen LogP contribution in [-0.2, 0) is 20.9 Å². The van der Waals surface area contributed by atoms with Gasteiger partial charge in [-0.2, -0.15) is 0 Å². The summed E-state index contributed by atoms with van der Waals surface area (Å²) in [6.07, 6.45) is 0.108. The third-order valence-corrected chi connectivity index (χ3v) is 4.93. The summed E-state index contributed by atoms with van der Waals surface area (Å²) >= 11 is 0.988. The molecule has 0 bridgehead atoms. The Kier molecular flexibility index (Phi) is 4.80. The van der Waals surface area contributed by atoms with Crippen LogP contribution in [0.3, 0.4) is 0 Å². The van der Waals surface area contributed by atoms with E-state index in [0.717, 1.165) is 22.6 Å². The van der Waals surface area contributed by atoms with Gasteiger partial charge in [-0.05, 0) is 19.1 Å². The lowest BCUT2D eigenvalue weighted by Crippen LogP contribution is -2.26. The minimum atomic E-state index is -0.526. The van der Waals surface area contributed by atoms with Gasteiger partial charge < -0.3 is 9.64 Å². The van der Waals surface area contributed by atoms with E-state index >= 15 is 0 Å². The van der Waals surface area contributed by atoms with Crippen molar-refractivity contribution in [1.82, 2.24) is 0 Å². The van der Waals surface area contributed by atoms with Crippen molar-refractivity contribution in [3.63, 3.8) is 0 Å². The molecule has 2 aromatic rings. The van der Waals surface area contributed by atoms with Crippen LogP contribution >= 0.6 is 11.3 Å². The number of benzene rings is 1. The van der Waals surface area contributed by atoms with Gasteiger partial charge in [0.1, 0.15) is 6.61 Å². The molecular formula is C17H16N2O5S. The zero-order valence-electron chi connectivity index (χ0n) is 13.5. The van der Waals surface area contributed by atoms with Crippen LogP contribution in [0.5, 0.6) is 0 Å². The zero-order chi connectivity index (χ0) is 18.0. The quantitative estimate of drug-likeness (QED) is 0.464. The van der Waals surface area contributed by atoms with Crippen molar-refractivity contribution in [1.29, 1.82) is 0 Å². The topological polar surface area (TPSA) is 89.8 Å². The summed E-state index contributed by atoms with van der Waals surface area (Å²) in [6, 6.07) is 8.92. The highest BCUT2D eigenvalue weighted by Gasteiger charge is 2.36. The zero-order valence-corrected chi connectivity index (χ0v) is 14.3. The van der Waals surface area contributed by atoms with Gasteiger partial charge in [-0.3, -0.25) is 19.7 Å². The highest BCUT2D eigenvalue weighted by atomic mass is 32.1. The van der Waals surface area contributed by atoms with E-state index in [-0.39, 0.29) is 30.5 Å². The van der Waals surface area contributed by atoms with E-state index in [2.05, 4.69) is 0 Å². The van der Waals surface area contributed by atoms with E-state index in [1.807, 2.05) is 31.2 Å². The van der Waals surface area contributed by atoms with Crippen LogP contribution in [0.4, 0.5) is 10.7 Å². The maximum atomic E-state index is 12.2. The Morgan fingerprint density at radius 1 is 1.40 bits per heavy atom. The van der Waals surface area contributed by atoms with Crippen molar-refractivity contribution in [2.75, 3.05) is 11.4 Å². The highest BCUT2D eigenvalue weighted by Crippen LogP contribution is 2.27. The second-order valence-electron chi connectivity index (χ2n) is 5.90. The standard InChI is InChI=1S/C17H16N2O5S/c1-11-2-4-14(5-3-11)18-8-13(7-15(18)20)17(21)24-9-12-6-16(19(22)23)25-10-12/h2-6,10,13H,7-9H2,1H3. The largest absolute Gasteiger partial charge is 0.461 e. The molecular weight excluding hydrogens is 344 g/mol. The third-order valence-electron chi connectivity index (χ3n) is 4.00. The number of esters is 1. The Balaban J connectivity index is 1.58. The molecule has 1 fully saturated rings. The van der Waals surface area contributed by atoms with E-state index in [0.29, 0.717) is 5.56 Å². The number of hydrogen-bond donors (Lipinski definition) is 0. The Morgan fingerprint density at radius 3 is 2.76 bits per heavy atom. The van der Waals surface area contributed by atoms with E-state index in [1.54, 1.807) is 10.3 Å². The number of carbonyl (C=O) groups is 2. The van der Waals surface area contributed by atoms with Gasteiger partial charge in [-0.15, -0.1) is 0 Å². The number of hydrogen-bond acceptors (Lipinski definition) is 6. The number of aryl methyl sites for hydroxylation is 1. The van der Waals surface area contributed by atoms with Crippen LogP contribution in [0, 0.1) is 23.0 Å². The van der Waals surface area contributed by atoms with Crippen molar-refractivity contribution in [3.8, 4) is 0 Å².